The van der Waals surface area contributed by atoms with Gasteiger partial charge in [0.25, 0.3) is 0 Å². The van der Waals surface area contributed by atoms with Crippen LogP contribution in [0.15, 0.2) is 53.0 Å². The van der Waals surface area contributed by atoms with E-state index in [2.05, 4.69) is 15.9 Å². The van der Waals surface area contributed by atoms with Crippen LogP contribution in [0.3, 0.4) is 0 Å². The quantitative estimate of drug-likeness (QED) is 0.615. The van der Waals surface area contributed by atoms with E-state index in [1.54, 1.807) is 24.3 Å². The molecule has 0 N–H and O–H groups in total. The molecule has 0 aliphatic heterocycles. The Kier molecular flexibility index (Phi) is 5.02. The molecule has 3 nitrogen and oxygen atoms in total. The van der Waals surface area contributed by atoms with Gasteiger partial charge in [-0.2, -0.15) is 5.26 Å². The third-order valence-corrected chi connectivity index (χ3v) is 3.81. The molecular formula is C17H12BrNO2. The fourth-order valence-electron chi connectivity index (χ4n) is 1.93. The van der Waals surface area contributed by atoms with E-state index in [9.17, 15) is 9.59 Å². The summed E-state index contributed by atoms with van der Waals surface area (Å²) in [6.07, 6.45) is 0.0939. The Labute approximate surface area is 131 Å². The number of Topliss-reactive ketones (excluding diaryl/α,β-unsaturated/α-hetero) is 2. The van der Waals surface area contributed by atoms with Crippen molar-refractivity contribution < 1.29 is 9.59 Å². The Morgan fingerprint density at radius 1 is 1.05 bits per heavy atom. The van der Waals surface area contributed by atoms with E-state index >= 15 is 0 Å². The number of halogens is 1. The molecule has 0 aliphatic carbocycles. The van der Waals surface area contributed by atoms with Gasteiger partial charge in [0.15, 0.2) is 5.78 Å². The number of carbonyl (C=O) groups excluding carboxylic acids is 2. The summed E-state index contributed by atoms with van der Waals surface area (Å²) in [5.41, 5.74) is 1.82. The molecule has 0 atom stereocenters. The van der Waals surface area contributed by atoms with Crippen molar-refractivity contribution in [1.82, 2.24) is 0 Å². The van der Waals surface area contributed by atoms with E-state index in [0.717, 1.165) is 10.0 Å². The first-order chi connectivity index (χ1) is 10.1. The first-order valence-electron chi connectivity index (χ1n) is 6.38. The van der Waals surface area contributed by atoms with Crippen molar-refractivity contribution in [3.8, 4) is 6.07 Å². The molecule has 0 unspecified atom stereocenters. The molecule has 104 valence electrons. The van der Waals surface area contributed by atoms with E-state index in [1.165, 1.54) is 0 Å². The topological polar surface area (TPSA) is 57.9 Å². The molecule has 21 heavy (non-hydrogen) atoms. The Morgan fingerprint density at radius 2 is 1.71 bits per heavy atom. The number of benzene rings is 2. The standard InChI is InChI=1S/C17H12BrNO2/c18-16-4-2-1-3-14(16)9-15(20)10-17(21)13-7-5-12(11-19)6-8-13/h1-8H,9-10H2. The van der Waals surface area contributed by atoms with Gasteiger partial charge in [-0.3, -0.25) is 9.59 Å². The highest BCUT2D eigenvalue weighted by Gasteiger charge is 2.13. The third-order valence-electron chi connectivity index (χ3n) is 3.04. The van der Waals surface area contributed by atoms with Crippen LogP contribution in [-0.4, -0.2) is 11.6 Å². The maximum Gasteiger partial charge on any atom is 0.170 e. The Hall–Kier alpha value is -2.25. The maximum atomic E-state index is 12.0. The van der Waals surface area contributed by atoms with E-state index in [0.29, 0.717) is 11.1 Å². The van der Waals surface area contributed by atoms with Gasteiger partial charge in [-0.1, -0.05) is 46.3 Å². The summed E-state index contributed by atoms with van der Waals surface area (Å²) >= 11 is 3.38. The molecular weight excluding hydrogens is 330 g/mol. The van der Waals surface area contributed by atoms with Gasteiger partial charge >= 0.3 is 0 Å². The average Bonchev–Trinajstić information content (AvgIpc) is 2.49. The Morgan fingerprint density at radius 3 is 2.33 bits per heavy atom. The normalized spacial score (nSPS) is 9.90. The van der Waals surface area contributed by atoms with Gasteiger partial charge in [-0.05, 0) is 23.8 Å². The lowest BCUT2D eigenvalue weighted by atomic mass is 10.0. The van der Waals surface area contributed by atoms with E-state index in [-0.39, 0.29) is 24.4 Å². The molecule has 2 aromatic rings. The molecule has 0 aromatic heterocycles. The van der Waals surface area contributed by atoms with Gasteiger partial charge < -0.3 is 0 Å². The Balaban J connectivity index is 2.00. The van der Waals surface area contributed by atoms with Crippen molar-refractivity contribution in [1.29, 1.82) is 5.26 Å². The molecule has 0 saturated heterocycles. The number of rotatable bonds is 5. The van der Waals surface area contributed by atoms with Gasteiger partial charge in [0.05, 0.1) is 18.1 Å². The van der Waals surface area contributed by atoms with Crippen LogP contribution < -0.4 is 0 Å². The number of ketones is 2. The second-order valence-electron chi connectivity index (χ2n) is 4.60. The van der Waals surface area contributed by atoms with Crippen LogP contribution >= 0.6 is 15.9 Å². The molecule has 0 amide bonds. The largest absolute Gasteiger partial charge is 0.299 e. The van der Waals surface area contributed by atoms with Crippen LogP contribution in [0.5, 0.6) is 0 Å². The van der Waals surface area contributed by atoms with Gasteiger partial charge in [0.1, 0.15) is 5.78 Å². The summed E-state index contributed by atoms with van der Waals surface area (Å²) in [4.78, 5) is 24.0. The van der Waals surface area contributed by atoms with Gasteiger partial charge in [-0.25, -0.2) is 0 Å². The molecule has 0 radical (unpaired) electrons. The molecule has 0 bridgehead atoms. The SMILES string of the molecule is N#Cc1ccc(C(=O)CC(=O)Cc2ccccc2Br)cc1. The minimum atomic E-state index is -0.225. The van der Waals surface area contributed by atoms with Crippen LogP contribution in [0, 0.1) is 11.3 Å². The van der Waals surface area contributed by atoms with Crippen molar-refractivity contribution in [3.63, 3.8) is 0 Å². The summed E-state index contributed by atoms with van der Waals surface area (Å²) in [6.45, 7) is 0. The Bertz CT molecular complexity index is 714. The zero-order valence-electron chi connectivity index (χ0n) is 11.2. The maximum absolute atomic E-state index is 12.0. The summed E-state index contributed by atoms with van der Waals surface area (Å²) < 4.78 is 0.865. The smallest absolute Gasteiger partial charge is 0.170 e. The molecule has 0 spiro atoms. The zero-order valence-corrected chi connectivity index (χ0v) is 12.8. The summed E-state index contributed by atoms with van der Waals surface area (Å²) in [6, 6.07) is 15.7. The third kappa shape index (κ3) is 4.11. The predicted octanol–water partition coefficient (Wildman–Crippen LogP) is 3.71. The van der Waals surface area contributed by atoms with Crippen LogP contribution in [0.25, 0.3) is 0 Å². The monoisotopic (exact) mass is 341 g/mol. The number of hydrogen-bond acceptors (Lipinski definition) is 3. The minimum absolute atomic E-state index is 0.128. The average molecular weight is 342 g/mol. The second kappa shape index (κ2) is 6.96. The molecule has 0 saturated carbocycles. The van der Waals surface area contributed by atoms with Crippen LogP contribution in [0.4, 0.5) is 0 Å². The second-order valence-corrected chi connectivity index (χ2v) is 5.45. The highest BCUT2D eigenvalue weighted by molar-refractivity contribution is 9.10. The van der Waals surface area contributed by atoms with E-state index in [4.69, 9.17) is 5.26 Å². The summed E-state index contributed by atoms with van der Waals surface area (Å²) in [5, 5.41) is 8.71. The fourth-order valence-corrected chi connectivity index (χ4v) is 2.35. The predicted molar refractivity (Wildman–Crippen MR) is 83.0 cm³/mol. The number of carbonyl (C=O) groups is 2. The van der Waals surface area contributed by atoms with Crippen molar-refractivity contribution in [2.24, 2.45) is 0 Å². The van der Waals surface area contributed by atoms with Crippen LogP contribution in [0.1, 0.15) is 27.9 Å². The fraction of sp³-hybridized carbons (Fsp3) is 0.118. The van der Waals surface area contributed by atoms with Crippen LogP contribution in [-0.2, 0) is 11.2 Å². The molecule has 0 heterocycles. The molecule has 0 fully saturated rings. The number of nitriles is 1. The highest BCUT2D eigenvalue weighted by atomic mass is 79.9. The molecule has 2 rings (SSSR count). The lowest BCUT2D eigenvalue weighted by molar-refractivity contribution is -0.117. The van der Waals surface area contributed by atoms with Crippen LogP contribution in [0.2, 0.25) is 0 Å². The number of hydrogen-bond donors (Lipinski definition) is 0. The van der Waals surface area contributed by atoms with Gasteiger partial charge in [0, 0.05) is 16.5 Å². The van der Waals surface area contributed by atoms with Crippen molar-refractivity contribution in [2.75, 3.05) is 0 Å². The lowest BCUT2D eigenvalue weighted by Crippen LogP contribution is -2.11. The van der Waals surface area contributed by atoms with E-state index in [1.807, 2.05) is 30.3 Å². The molecule has 0 aliphatic rings. The minimum Gasteiger partial charge on any atom is -0.299 e. The van der Waals surface area contributed by atoms with Gasteiger partial charge in [-0.15, -0.1) is 0 Å². The van der Waals surface area contributed by atoms with Crippen molar-refractivity contribution >= 4 is 27.5 Å². The van der Waals surface area contributed by atoms with Gasteiger partial charge in [0.2, 0.25) is 0 Å². The lowest BCUT2D eigenvalue weighted by Gasteiger charge is -2.04. The summed E-state index contributed by atoms with van der Waals surface area (Å²) in [5.74, 6) is -0.354. The highest BCUT2D eigenvalue weighted by Crippen LogP contribution is 2.17. The number of nitrogens with zero attached hydrogens (tertiary/aromatic N) is 1. The first kappa shape index (κ1) is 15.1. The van der Waals surface area contributed by atoms with E-state index < -0.39 is 0 Å². The first-order valence-corrected chi connectivity index (χ1v) is 7.18. The van der Waals surface area contributed by atoms with Crippen molar-refractivity contribution in [2.45, 2.75) is 12.8 Å². The van der Waals surface area contributed by atoms with Crippen molar-refractivity contribution in [3.05, 3.63) is 69.7 Å². The zero-order chi connectivity index (χ0) is 15.2. The molecule has 4 heteroatoms. The molecule has 2 aromatic carbocycles. The summed E-state index contributed by atoms with van der Waals surface area (Å²) in [7, 11) is 0.